The van der Waals surface area contributed by atoms with Crippen molar-refractivity contribution in [1.29, 1.82) is 0 Å². The van der Waals surface area contributed by atoms with Crippen molar-refractivity contribution in [3.63, 3.8) is 0 Å². The van der Waals surface area contributed by atoms with E-state index in [1.165, 1.54) is 30.4 Å². The summed E-state index contributed by atoms with van der Waals surface area (Å²) in [5.74, 6) is 1.09. The molecular weight excluding hydrogens is 440 g/mol. The van der Waals surface area contributed by atoms with Gasteiger partial charge in [-0.3, -0.25) is 9.59 Å². The molecule has 7 heteroatoms. The number of nitrogens with one attached hydrogen (secondary N) is 3. The first-order valence-electron chi connectivity index (χ1n) is 13.8. The number of likely N-dealkylation sites (N-methyl/N-ethyl adjacent to an activating group) is 1. The van der Waals surface area contributed by atoms with E-state index < -0.39 is 6.04 Å². The minimum absolute atomic E-state index is 0.00301. The molecule has 4 aliphatic rings. The molecule has 1 aromatic carbocycles. The number of hydrogen-bond acceptors (Lipinski definition) is 5. The quantitative estimate of drug-likeness (QED) is 0.557. The molecule has 5 atom stereocenters. The predicted octanol–water partition coefficient (Wildman–Crippen LogP) is 2.56. The summed E-state index contributed by atoms with van der Waals surface area (Å²) in [7, 11) is 1.78. The fourth-order valence-electron chi connectivity index (χ4n) is 6.65. The van der Waals surface area contributed by atoms with Gasteiger partial charge in [0, 0.05) is 19.1 Å². The Morgan fingerprint density at radius 2 is 1.83 bits per heavy atom. The van der Waals surface area contributed by atoms with E-state index >= 15 is 0 Å². The van der Waals surface area contributed by atoms with E-state index in [4.69, 9.17) is 4.74 Å². The molecule has 5 rings (SSSR count). The zero-order chi connectivity index (χ0) is 24.4. The maximum absolute atomic E-state index is 14.0. The van der Waals surface area contributed by atoms with Crippen LogP contribution in [0.15, 0.2) is 18.2 Å². The molecule has 2 heterocycles. The van der Waals surface area contributed by atoms with Crippen molar-refractivity contribution >= 4 is 11.8 Å². The average molecular weight is 483 g/mol. The summed E-state index contributed by atoms with van der Waals surface area (Å²) in [6.45, 7) is 3.30. The molecule has 2 aliphatic heterocycles. The highest BCUT2D eigenvalue weighted by Crippen LogP contribution is 2.33. The minimum Gasteiger partial charge on any atom is -0.487 e. The smallest absolute Gasteiger partial charge is 0.245 e. The third-order valence-electron chi connectivity index (χ3n) is 8.82. The fraction of sp³-hybridized carbons (Fsp3) is 0.714. The van der Waals surface area contributed by atoms with Gasteiger partial charge in [-0.15, -0.1) is 0 Å². The average Bonchev–Trinajstić information content (AvgIpc) is 3.49. The van der Waals surface area contributed by atoms with Crippen molar-refractivity contribution in [2.75, 3.05) is 20.1 Å². The van der Waals surface area contributed by atoms with Crippen molar-refractivity contribution in [3.8, 4) is 5.75 Å². The van der Waals surface area contributed by atoms with Gasteiger partial charge in [0.25, 0.3) is 0 Å². The predicted molar refractivity (Wildman–Crippen MR) is 136 cm³/mol. The monoisotopic (exact) mass is 482 g/mol. The van der Waals surface area contributed by atoms with Gasteiger partial charge < -0.3 is 25.6 Å². The largest absolute Gasteiger partial charge is 0.487 e. The minimum atomic E-state index is -0.456. The van der Waals surface area contributed by atoms with Crippen LogP contribution in [0.25, 0.3) is 0 Å². The van der Waals surface area contributed by atoms with E-state index in [0.29, 0.717) is 6.54 Å². The van der Waals surface area contributed by atoms with Crippen LogP contribution in [0.1, 0.15) is 69.4 Å². The second-order valence-electron chi connectivity index (χ2n) is 11.0. The molecule has 0 bridgehead atoms. The number of hydrogen-bond donors (Lipinski definition) is 3. The highest BCUT2D eigenvalue weighted by Gasteiger charge is 2.49. The van der Waals surface area contributed by atoms with Crippen LogP contribution in [0.2, 0.25) is 0 Å². The number of carbonyl (C=O) groups excluding carboxylic acids is 2. The number of carbonyl (C=O) groups is 2. The summed E-state index contributed by atoms with van der Waals surface area (Å²) in [6.07, 6.45) is 11.1. The SMILES string of the molecule is CN[C@@H](C)C(=O)N[C@H](C(=O)N1CC[C@H]2NC[C@H](Oc3ccc4c(c3)CCCC4)[C@H]21)C1CCCCC1. The standard InChI is InChI=1S/C28H42N4O3/c1-18(29-2)27(33)31-25(20-9-4-3-5-10-20)28(34)32-15-14-23-26(32)24(17-30-23)35-22-13-12-19-8-6-7-11-21(19)16-22/h12-13,16,18,20,23-26,29-30H,3-11,14-15,17H2,1-2H3,(H,31,33)/t18-,23+,24-,25-,26-/m0/s1. The second kappa shape index (κ2) is 10.9. The molecule has 1 aromatic rings. The molecule has 0 spiro atoms. The van der Waals surface area contributed by atoms with Gasteiger partial charge in [0.1, 0.15) is 17.9 Å². The first kappa shape index (κ1) is 24.6. The normalized spacial score (nSPS) is 28.2. The summed E-state index contributed by atoms with van der Waals surface area (Å²) in [5.41, 5.74) is 2.86. The van der Waals surface area contributed by atoms with Gasteiger partial charge in [0.15, 0.2) is 0 Å². The van der Waals surface area contributed by atoms with Gasteiger partial charge in [0.2, 0.25) is 11.8 Å². The molecular formula is C28H42N4O3. The van der Waals surface area contributed by atoms with E-state index in [2.05, 4.69) is 34.1 Å². The van der Waals surface area contributed by atoms with Crippen LogP contribution in [0.4, 0.5) is 0 Å². The molecule has 3 N–H and O–H groups in total. The maximum atomic E-state index is 14.0. The lowest BCUT2D eigenvalue weighted by atomic mass is 9.83. The molecule has 0 radical (unpaired) electrons. The van der Waals surface area contributed by atoms with E-state index in [0.717, 1.165) is 57.2 Å². The molecule has 2 saturated heterocycles. The Hall–Kier alpha value is -2.12. The molecule has 2 amide bonds. The maximum Gasteiger partial charge on any atom is 0.245 e. The molecule has 1 saturated carbocycles. The Balaban J connectivity index is 1.32. The molecule has 0 aromatic heterocycles. The van der Waals surface area contributed by atoms with E-state index in [9.17, 15) is 9.59 Å². The van der Waals surface area contributed by atoms with Crippen LogP contribution in [0.5, 0.6) is 5.75 Å². The highest BCUT2D eigenvalue weighted by atomic mass is 16.5. The van der Waals surface area contributed by atoms with E-state index in [-0.39, 0.29) is 42.0 Å². The lowest BCUT2D eigenvalue weighted by molar-refractivity contribution is -0.140. The highest BCUT2D eigenvalue weighted by molar-refractivity contribution is 5.90. The van der Waals surface area contributed by atoms with Gasteiger partial charge in [-0.1, -0.05) is 25.3 Å². The number of aryl methyl sites for hydroxylation is 2. The third kappa shape index (κ3) is 5.21. The molecule has 192 valence electrons. The summed E-state index contributed by atoms with van der Waals surface area (Å²) in [5, 5.41) is 9.75. The van der Waals surface area contributed by atoms with Crippen molar-refractivity contribution in [2.24, 2.45) is 5.92 Å². The van der Waals surface area contributed by atoms with Crippen molar-refractivity contribution in [3.05, 3.63) is 29.3 Å². The summed E-state index contributed by atoms with van der Waals surface area (Å²) < 4.78 is 6.54. The van der Waals surface area contributed by atoms with E-state index in [1.54, 1.807) is 7.05 Å². The number of nitrogens with zero attached hydrogens (tertiary/aromatic N) is 1. The van der Waals surface area contributed by atoms with Crippen LogP contribution in [-0.4, -0.2) is 67.1 Å². The fourth-order valence-corrected chi connectivity index (χ4v) is 6.65. The number of amides is 2. The van der Waals surface area contributed by atoms with Crippen LogP contribution in [0.3, 0.4) is 0 Å². The molecule has 35 heavy (non-hydrogen) atoms. The Bertz CT molecular complexity index is 915. The van der Waals surface area contributed by atoms with Gasteiger partial charge >= 0.3 is 0 Å². The lowest BCUT2D eigenvalue weighted by Gasteiger charge is -2.36. The van der Waals surface area contributed by atoms with Crippen LogP contribution in [0, 0.1) is 5.92 Å². The Morgan fingerprint density at radius 3 is 2.60 bits per heavy atom. The third-order valence-corrected chi connectivity index (χ3v) is 8.82. The second-order valence-corrected chi connectivity index (χ2v) is 11.0. The van der Waals surface area contributed by atoms with Crippen molar-refractivity contribution < 1.29 is 14.3 Å². The van der Waals surface area contributed by atoms with Gasteiger partial charge in [0.05, 0.1) is 12.1 Å². The molecule has 7 nitrogen and oxygen atoms in total. The van der Waals surface area contributed by atoms with Gasteiger partial charge in [-0.05, 0) is 88.1 Å². The molecule has 2 aliphatic carbocycles. The Labute approximate surface area is 209 Å². The Kier molecular flexibility index (Phi) is 7.63. The van der Waals surface area contributed by atoms with Crippen LogP contribution < -0.4 is 20.7 Å². The first-order chi connectivity index (χ1) is 17.0. The summed E-state index contributed by atoms with van der Waals surface area (Å²) >= 11 is 0. The van der Waals surface area contributed by atoms with Crippen LogP contribution >= 0.6 is 0 Å². The molecule has 3 fully saturated rings. The zero-order valence-electron chi connectivity index (χ0n) is 21.4. The molecule has 0 unspecified atom stereocenters. The lowest BCUT2D eigenvalue weighted by Crippen LogP contribution is -2.58. The first-order valence-corrected chi connectivity index (χ1v) is 13.8. The summed E-state index contributed by atoms with van der Waals surface area (Å²) in [6, 6.07) is 6.01. The van der Waals surface area contributed by atoms with Crippen molar-refractivity contribution in [1.82, 2.24) is 20.9 Å². The zero-order valence-corrected chi connectivity index (χ0v) is 21.4. The number of fused-ring (bicyclic) bond motifs is 2. The van der Waals surface area contributed by atoms with Gasteiger partial charge in [-0.2, -0.15) is 0 Å². The summed E-state index contributed by atoms with van der Waals surface area (Å²) in [4.78, 5) is 28.9. The topological polar surface area (TPSA) is 82.7 Å². The van der Waals surface area contributed by atoms with Gasteiger partial charge in [-0.25, -0.2) is 0 Å². The van der Waals surface area contributed by atoms with E-state index in [1.807, 2.05) is 11.8 Å². The Morgan fingerprint density at radius 1 is 1.06 bits per heavy atom. The van der Waals surface area contributed by atoms with Crippen molar-refractivity contribution in [2.45, 2.75) is 101 Å². The number of likely N-dealkylation sites (tertiary alicyclic amines) is 1. The number of benzene rings is 1. The number of rotatable bonds is 7. The number of ether oxygens (including phenoxy) is 1. The van der Waals surface area contributed by atoms with Crippen LogP contribution in [-0.2, 0) is 22.4 Å².